The fraction of sp³-hybridized carbons (Fsp3) is 0.438. The number of fused-ring (bicyclic) bond motifs is 1. The molecular formula is C16H22N2O2. The Morgan fingerprint density at radius 1 is 1.35 bits per heavy atom. The van der Waals surface area contributed by atoms with Crippen molar-refractivity contribution in [2.45, 2.75) is 33.2 Å². The van der Waals surface area contributed by atoms with Crippen molar-refractivity contribution in [3.05, 3.63) is 30.0 Å². The predicted octanol–water partition coefficient (Wildman–Crippen LogP) is 3.34. The van der Waals surface area contributed by atoms with Gasteiger partial charge in [0.15, 0.2) is 0 Å². The SMILES string of the molecule is COc1cccc2[nH]c(C(=O)NC(C)CC(C)C)cc12. The average molecular weight is 274 g/mol. The van der Waals surface area contributed by atoms with Gasteiger partial charge < -0.3 is 15.0 Å². The molecule has 0 aliphatic carbocycles. The molecule has 4 heteroatoms. The maximum atomic E-state index is 12.2. The number of aromatic amines is 1. The molecule has 1 atom stereocenters. The molecule has 1 aromatic heterocycles. The van der Waals surface area contributed by atoms with E-state index in [1.165, 1.54) is 0 Å². The highest BCUT2D eigenvalue weighted by Crippen LogP contribution is 2.25. The van der Waals surface area contributed by atoms with E-state index in [9.17, 15) is 4.79 Å². The highest BCUT2D eigenvalue weighted by Gasteiger charge is 2.14. The molecule has 0 fully saturated rings. The molecule has 1 amide bonds. The van der Waals surface area contributed by atoms with Crippen LogP contribution in [0.4, 0.5) is 0 Å². The Morgan fingerprint density at radius 2 is 2.10 bits per heavy atom. The van der Waals surface area contributed by atoms with Crippen molar-refractivity contribution in [1.82, 2.24) is 10.3 Å². The lowest BCUT2D eigenvalue weighted by molar-refractivity contribution is 0.0932. The number of H-pyrrole nitrogens is 1. The van der Waals surface area contributed by atoms with Crippen molar-refractivity contribution in [3.63, 3.8) is 0 Å². The molecule has 1 aromatic carbocycles. The van der Waals surface area contributed by atoms with Crippen LogP contribution in [0.5, 0.6) is 5.75 Å². The molecular weight excluding hydrogens is 252 g/mol. The van der Waals surface area contributed by atoms with Gasteiger partial charge in [0.2, 0.25) is 0 Å². The van der Waals surface area contributed by atoms with Gasteiger partial charge in [-0.3, -0.25) is 4.79 Å². The maximum Gasteiger partial charge on any atom is 0.267 e. The highest BCUT2D eigenvalue weighted by molar-refractivity contribution is 5.99. The van der Waals surface area contributed by atoms with E-state index in [0.717, 1.165) is 23.1 Å². The summed E-state index contributed by atoms with van der Waals surface area (Å²) in [5, 5.41) is 3.94. The van der Waals surface area contributed by atoms with E-state index in [2.05, 4.69) is 24.1 Å². The van der Waals surface area contributed by atoms with Crippen LogP contribution < -0.4 is 10.1 Å². The summed E-state index contributed by atoms with van der Waals surface area (Å²) in [6.07, 6.45) is 0.968. The van der Waals surface area contributed by atoms with Crippen LogP contribution in [0.2, 0.25) is 0 Å². The molecule has 2 rings (SSSR count). The van der Waals surface area contributed by atoms with E-state index in [1.54, 1.807) is 7.11 Å². The summed E-state index contributed by atoms with van der Waals surface area (Å²) in [7, 11) is 1.63. The summed E-state index contributed by atoms with van der Waals surface area (Å²) >= 11 is 0. The Kier molecular flexibility index (Phi) is 4.32. The van der Waals surface area contributed by atoms with Crippen molar-refractivity contribution in [3.8, 4) is 5.75 Å². The summed E-state index contributed by atoms with van der Waals surface area (Å²) in [6.45, 7) is 6.33. The summed E-state index contributed by atoms with van der Waals surface area (Å²) in [4.78, 5) is 15.4. The van der Waals surface area contributed by atoms with Gasteiger partial charge in [0.05, 0.1) is 7.11 Å². The Hall–Kier alpha value is -1.97. The minimum absolute atomic E-state index is 0.0728. The second-order valence-electron chi connectivity index (χ2n) is 5.61. The summed E-state index contributed by atoms with van der Waals surface area (Å²) in [5.74, 6) is 1.26. The molecule has 0 radical (unpaired) electrons. The first-order chi connectivity index (χ1) is 9.51. The first kappa shape index (κ1) is 14.4. The number of carbonyl (C=O) groups is 1. The van der Waals surface area contributed by atoms with Crippen molar-refractivity contribution in [2.24, 2.45) is 5.92 Å². The van der Waals surface area contributed by atoms with Gasteiger partial charge >= 0.3 is 0 Å². The van der Waals surface area contributed by atoms with Crippen LogP contribution in [-0.2, 0) is 0 Å². The third kappa shape index (κ3) is 3.13. The van der Waals surface area contributed by atoms with Gasteiger partial charge in [0.25, 0.3) is 5.91 Å². The largest absolute Gasteiger partial charge is 0.496 e. The number of aromatic nitrogens is 1. The summed E-state index contributed by atoms with van der Waals surface area (Å²) < 4.78 is 5.30. The van der Waals surface area contributed by atoms with Crippen LogP contribution in [0.15, 0.2) is 24.3 Å². The van der Waals surface area contributed by atoms with Crippen LogP contribution in [0.25, 0.3) is 10.9 Å². The Balaban J connectivity index is 2.18. The molecule has 0 spiro atoms. The standard InChI is InChI=1S/C16H22N2O2/c1-10(2)8-11(3)17-16(19)14-9-12-13(18-14)6-5-7-15(12)20-4/h5-7,9-11,18H,8H2,1-4H3,(H,17,19). The van der Waals surface area contributed by atoms with Crippen LogP contribution in [0, 0.1) is 5.92 Å². The lowest BCUT2D eigenvalue weighted by atomic mass is 10.1. The van der Waals surface area contributed by atoms with E-state index in [1.807, 2.05) is 31.2 Å². The molecule has 0 saturated heterocycles. The van der Waals surface area contributed by atoms with E-state index in [0.29, 0.717) is 11.6 Å². The fourth-order valence-corrected chi connectivity index (χ4v) is 2.50. The third-order valence-electron chi connectivity index (χ3n) is 3.29. The van der Waals surface area contributed by atoms with Gasteiger partial charge in [-0.05, 0) is 37.5 Å². The van der Waals surface area contributed by atoms with E-state index in [-0.39, 0.29) is 11.9 Å². The van der Waals surface area contributed by atoms with Gasteiger partial charge in [-0.25, -0.2) is 0 Å². The summed E-state index contributed by atoms with van der Waals surface area (Å²) in [6, 6.07) is 7.73. The molecule has 0 aliphatic rings. The summed E-state index contributed by atoms with van der Waals surface area (Å²) in [5.41, 5.74) is 1.48. The molecule has 20 heavy (non-hydrogen) atoms. The van der Waals surface area contributed by atoms with E-state index >= 15 is 0 Å². The van der Waals surface area contributed by atoms with Gasteiger partial charge in [0, 0.05) is 16.9 Å². The zero-order valence-corrected chi connectivity index (χ0v) is 12.5. The van der Waals surface area contributed by atoms with Gasteiger partial charge in [-0.1, -0.05) is 19.9 Å². The van der Waals surface area contributed by atoms with Crippen LogP contribution in [0.1, 0.15) is 37.7 Å². The maximum absolute atomic E-state index is 12.2. The zero-order chi connectivity index (χ0) is 14.7. The van der Waals surface area contributed by atoms with Gasteiger partial charge in [-0.2, -0.15) is 0 Å². The lowest BCUT2D eigenvalue weighted by Crippen LogP contribution is -2.33. The van der Waals surface area contributed by atoms with Crippen LogP contribution in [-0.4, -0.2) is 24.0 Å². The van der Waals surface area contributed by atoms with E-state index < -0.39 is 0 Å². The van der Waals surface area contributed by atoms with Gasteiger partial charge in [0.1, 0.15) is 11.4 Å². The topological polar surface area (TPSA) is 54.1 Å². The monoisotopic (exact) mass is 274 g/mol. The molecule has 2 aromatic rings. The number of rotatable bonds is 5. The van der Waals surface area contributed by atoms with Gasteiger partial charge in [-0.15, -0.1) is 0 Å². The molecule has 0 saturated carbocycles. The number of amides is 1. The predicted molar refractivity (Wildman–Crippen MR) is 81.2 cm³/mol. The Labute approximate surface area is 119 Å². The molecule has 108 valence electrons. The number of methoxy groups -OCH3 is 1. The first-order valence-corrected chi connectivity index (χ1v) is 6.98. The Morgan fingerprint density at radius 3 is 2.75 bits per heavy atom. The second kappa shape index (κ2) is 5.99. The Bertz CT molecular complexity index is 602. The molecule has 2 N–H and O–H groups in total. The quantitative estimate of drug-likeness (QED) is 0.878. The van der Waals surface area contributed by atoms with E-state index in [4.69, 9.17) is 4.74 Å². The second-order valence-corrected chi connectivity index (χ2v) is 5.61. The van der Waals surface area contributed by atoms with Crippen LogP contribution in [0.3, 0.4) is 0 Å². The third-order valence-corrected chi connectivity index (χ3v) is 3.29. The minimum Gasteiger partial charge on any atom is -0.496 e. The highest BCUT2D eigenvalue weighted by atomic mass is 16.5. The molecule has 1 heterocycles. The van der Waals surface area contributed by atoms with Crippen molar-refractivity contribution in [1.29, 1.82) is 0 Å². The number of hydrogen-bond donors (Lipinski definition) is 2. The van der Waals surface area contributed by atoms with Crippen molar-refractivity contribution >= 4 is 16.8 Å². The molecule has 1 unspecified atom stereocenters. The number of benzene rings is 1. The molecule has 0 bridgehead atoms. The smallest absolute Gasteiger partial charge is 0.267 e. The van der Waals surface area contributed by atoms with Crippen molar-refractivity contribution in [2.75, 3.05) is 7.11 Å². The lowest BCUT2D eigenvalue weighted by Gasteiger charge is -2.15. The van der Waals surface area contributed by atoms with Crippen molar-refractivity contribution < 1.29 is 9.53 Å². The fourth-order valence-electron chi connectivity index (χ4n) is 2.50. The number of carbonyl (C=O) groups excluding carboxylic acids is 1. The number of nitrogens with one attached hydrogen (secondary N) is 2. The average Bonchev–Trinajstić information content (AvgIpc) is 2.81. The number of hydrogen-bond acceptors (Lipinski definition) is 2. The number of ether oxygens (including phenoxy) is 1. The first-order valence-electron chi connectivity index (χ1n) is 6.98. The van der Waals surface area contributed by atoms with Crippen LogP contribution >= 0.6 is 0 Å². The molecule has 0 aliphatic heterocycles. The minimum atomic E-state index is -0.0728. The normalized spacial score (nSPS) is 12.7. The zero-order valence-electron chi connectivity index (χ0n) is 12.5. The molecule has 4 nitrogen and oxygen atoms in total.